The monoisotopic (exact) mass is 361 g/mol. The highest BCUT2D eigenvalue weighted by atomic mass is 32.1. The summed E-state index contributed by atoms with van der Waals surface area (Å²) in [6.07, 6.45) is 5.58. The van der Waals surface area contributed by atoms with E-state index in [1.54, 1.807) is 10.5 Å². The lowest BCUT2D eigenvalue weighted by Gasteiger charge is -2.32. The number of rotatable bonds is 3. The van der Waals surface area contributed by atoms with E-state index in [0.29, 0.717) is 23.5 Å². The van der Waals surface area contributed by atoms with Crippen LogP contribution in [0.3, 0.4) is 0 Å². The Hall–Kier alpha value is -1.73. The predicted octanol–water partition coefficient (Wildman–Crippen LogP) is 2.37. The first-order valence-electron chi connectivity index (χ1n) is 8.89. The molecule has 25 heavy (non-hydrogen) atoms. The maximum atomic E-state index is 12.4. The Morgan fingerprint density at radius 2 is 2.20 bits per heavy atom. The van der Waals surface area contributed by atoms with Crippen molar-refractivity contribution in [1.82, 2.24) is 14.3 Å². The Morgan fingerprint density at radius 3 is 3.00 bits per heavy atom. The molecule has 6 nitrogen and oxygen atoms in total. The summed E-state index contributed by atoms with van der Waals surface area (Å²) in [4.78, 5) is 32.3. The smallest absolute Gasteiger partial charge is 0.323 e. The minimum Gasteiger partial charge on any atom is -0.468 e. The standard InChI is InChI=1S/C18H23N3O3S/c1-11-10-25-18-19-13(8-16(22)21(11)18)9-20-14-6-4-3-5-12(14)7-15(20)17(23)24-2/h8,10,12,14-15H,3-7,9H2,1-2H3/t12-,14+,15-/m0/s1. The van der Waals surface area contributed by atoms with Crippen LogP contribution in [-0.4, -0.2) is 39.4 Å². The number of aryl methyl sites for hydroxylation is 1. The van der Waals surface area contributed by atoms with Crippen LogP contribution in [0.25, 0.3) is 4.96 Å². The number of carbonyl (C=O) groups excluding carboxylic acids is 1. The molecule has 7 heteroatoms. The molecule has 3 atom stereocenters. The molecule has 3 heterocycles. The third-order valence-corrected chi connectivity index (χ3v) is 6.61. The Bertz CT molecular complexity index is 859. The lowest BCUT2D eigenvalue weighted by atomic mass is 9.85. The fourth-order valence-electron chi connectivity index (χ4n) is 4.52. The molecular weight excluding hydrogens is 338 g/mol. The van der Waals surface area contributed by atoms with Crippen LogP contribution in [-0.2, 0) is 16.1 Å². The molecule has 1 saturated carbocycles. The third-order valence-electron chi connectivity index (χ3n) is 5.67. The Kier molecular flexibility index (Phi) is 4.37. The van der Waals surface area contributed by atoms with E-state index in [-0.39, 0.29) is 17.6 Å². The van der Waals surface area contributed by atoms with Crippen LogP contribution in [0.5, 0.6) is 0 Å². The zero-order valence-electron chi connectivity index (χ0n) is 14.6. The predicted molar refractivity (Wildman–Crippen MR) is 95.8 cm³/mol. The van der Waals surface area contributed by atoms with Crippen molar-refractivity contribution in [3.8, 4) is 0 Å². The molecule has 0 unspecified atom stereocenters. The molecule has 2 aromatic rings. The number of fused-ring (bicyclic) bond motifs is 2. The average Bonchev–Trinajstić information content (AvgIpc) is 3.16. The molecule has 2 aromatic heterocycles. The van der Waals surface area contributed by atoms with Gasteiger partial charge in [-0.3, -0.25) is 18.9 Å². The first-order valence-corrected chi connectivity index (χ1v) is 9.77. The first-order chi connectivity index (χ1) is 12.1. The highest BCUT2D eigenvalue weighted by Gasteiger charge is 2.45. The number of hydrogen-bond donors (Lipinski definition) is 0. The van der Waals surface area contributed by atoms with Gasteiger partial charge in [-0.25, -0.2) is 4.98 Å². The van der Waals surface area contributed by atoms with Crippen molar-refractivity contribution in [3.63, 3.8) is 0 Å². The second kappa shape index (κ2) is 6.53. The number of methoxy groups -OCH3 is 1. The van der Waals surface area contributed by atoms with Gasteiger partial charge in [-0.05, 0) is 32.1 Å². The highest BCUT2D eigenvalue weighted by molar-refractivity contribution is 7.15. The maximum Gasteiger partial charge on any atom is 0.323 e. The van der Waals surface area contributed by atoms with Gasteiger partial charge >= 0.3 is 5.97 Å². The number of likely N-dealkylation sites (tertiary alicyclic amines) is 1. The number of aromatic nitrogens is 2. The summed E-state index contributed by atoms with van der Waals surface area (Å²) in [6, 6.07) is 1.78. The third kappa shape index (κ3) is 2.89. The molecule has 0 bridgehead atoms. The van der Waals surface area contributed by atoms with E-state index in [1.165, 1.54) is 37.7 Å². The Balaban J connectivity index is 1.67. The number of ether oxygens (including phenoxy) is 1. The largest absolute Gasteiger partial charge is 0.468 e. The molecule has 134 valence electrons. The van der Waals surface area contributed by atoms with Gasteiger partial charge in [0, 0.05) is 29.7 Å². The quantitative estimate of drug-likeness (QED) is 0.786. The Labute approximate surface area is 150 Å². The van der Waals surface area contributed by atoms with Gasteiger partial charge in [-0.15, -0.1) is 11.3 Å². The molecule has 1 saturated heterocycles. The summed E-state index contributed by atoms with van der Waals surface area (Å²) >= 11 is 1.48. The van der Waals surface area contributed by atoms with Crippen molar-refractivity contribution in [2.75, 3.05) is 7.11 Å². The average molecular weight is 361 g/mol. The molecule has 0 spiro atoms. The molecule has 2 aliphatic rings. The maximum absolute atomic E-state index is 12.4. The van der Waals surface area contributed by atoms with Gasteiger partial charge in [-0.1, -0.05) is 12.8 Å². The number of carbonyl (C=O) groups is 1. The summed E-state index contributed by atoms with van der Waals surface area (Å²) in [5.41, 5.74) is 1.60. The van der Waals surface area contributed by atoms with E-state index < -0.39 is 0 Å². The molecule has 0 radical (unpaired) electrons. The van der Waals surface area contributed by atoms with Crippen molar-refractivity contribution >= 4 is 22.3 Å². The van der Waals surface area contributed by atoms with Crippen LogP contribution in [0.15, 0.2) is 16.2 Å². The van der Waals surface area contributed by atoms with Crippen molar-refractivity contribution in [1.29, 1.82) is 0 Å². The minimum absolute atomic E-state index is 0.0484. The van der Waals surface area contributed by atoms with E-state index in [0.717, 1.165) is 24.2 Å². The van der Waals surface area contributed by atoms with Gasteiger partial charge in [-0.2, -0.15) is 0 Å². The van der Waals surface area contributed by atoms with E-state index >= 15 is 0 Å². The number of nitrogens with zero attached hydrogens (tertiary/aromatic N) is 3. The van der Waals surface area contributed by atoms with Gasteiger partial charge in [0.15, 0.2) is 4.96 Å². The van der Waals surface area contributed by atoms with Crippen molar-refractivity contribution < 1.29 is 9.53 Å². The summed E-state index contributed by atoms with van der Waals surface area (Å²) < 4.78 is 6.68. The molecule has 0 aromatic carbocycles. The molecule has 0 N–H and O–H groups in total. The lowest BCUT2D eigenvalue weighted by Crippen LogP contribution is -2.42. The zero-order valence-corrected chi connectivity index (χ0v) is 15.4. The normalized spacial score (nSPS) is 26.7. The number of esters is 1. The van der Waals surface area contributed by atoms with Crippen LogP contribution in [0.1, 0.15) is 43.5 Å². The minimum atomic E-state index is -0.219. The summed E-state index contributed by atoms with van der Waals surface area (Å²) in [5, 5.41) is 1.94. The summed E-state index contributed by atoms with van der Waals surface area (Å²) in [5.74, 6) is 0.380. The van der Waals surface area contributed by atoms with Gasteiger partial charge in [0.05, 0.1) is 12.8 Å². The molecule has 1 aliphatic heterocycles. The molecule has 1 aliphatic carbocycles. The first kappa shape index (κ1) is 16.7. The van der Waals surface area contributed by atoms with Crippen LogP contribution < -0.4 is 5.56 Å². The van der Waals surface area contributed by atoms with E-state index in [1.807, 2.05) is 12.3 Å². The molecular formula is C18H23N3O3S. The fourth-order valence-corrected chi connectivity index (χ4v) is 5.41. The zero-order chi connectivity index (χ0) is 17.6. The van der Waals surface area contributed by atoms with E-state index in [2.05, 4.69) is 9.88 Å². The van der Waals surface area contributed by atoms with Crippen LogP contribution >= 0.6 is 11.3 Å². The van der Waals surface area contributed by atoms with E-state index in [4.69, 9.17) is 4.74 Å². The second-order valence-electron chi connectivity index (χ2n) is 7.14. The van der Waals surface area contributed by atoms with Crippen molar-refractivity contribution in [2.45, 2.75) is 57.7 Å². The van der Waals surface area contributed by atoms with Crippen molar-refractivity contribution in [2.24, 2.45) is 5.92 Å². The molecule has 4 rings (SSSR count). The number of hydrogen-bond acceptors (Lipinski definition) is 6. The second-order valence-corrected chi connectivity index (χ2v) is 7.98. The van der Waals surface area contributed by atoms with Crippen molar-refractivity contribution in [3.05, 3.63) is 33.2 Å². The lowest BCUT2D eigenvalue weighted by molar-refractivity contribution is -0.146. The van der Waals surface area contributed by atoms with Gasteiger partial charge < -0.3 is 4.74 Å². The van der Waals surface area contributed by atoms with Gasteiger partial charge in [0.1, 0.15) is 6.04 Å². The van der Waals surface area contributed by atoms with Crippen LogP contribution in [0.4, 0.5) is 0 Å². The van der Waals surface area contributed by atoms with Gasteiger partial charge in [0.25, 0.3) is 5.56 Å². The van der Waals surface area contributed by atoms with Crippen LogP contribution in [0.2, 0.25) is 0 Å². The van der Waals surface area contributed by atoms with Crippen LogP contribution in [0, 0.1) is 12.8 Å². The summed E-state index contributed by atoms with van der Waals surface area (Å²) in [6.45, 7) is 2.44. The van der Waals surface area contributed by atoms with Gasteiger partial charge in [0.2, 0.25) is 0 Å². The van der Waals surface area contributed by atoms with E-state index in [9.17, 15) is 9.59 Å². The summed E-state index contributed by atoms with van der Waals surface area (Å²) in [7, 11) is 1.45. The highest BCUT2D eigenvalue weighted by Crippen LogP contribution is 2.40. The fraction of sp³-hybridized carbons (Fsp3) is 0.611. The SMILES string of the molecule is COC(=O)[C@@H]1C[C@@H]2CCCC[C@H]2N1Cc1cc(=O)n2c(C)csc2n1. The number of thiazole rings is 1. The topological polar surface area (TPSA) is 63.9 Å². The Morgan fingerprint density at radius 1 is 1.40 bits per heavy atom. The molecule has 2 fully saturated rings. The molecule has 0 amide bonds.